The standard InChI is InChI=1S/C16H19NO2S/c1-11-7-13(12(2)20-11)8-17-9-14-10-18-15-5-3-4-6-16(15)19-14/h3-7,14,17H,8-10H2,1-2H3. The molecule has 1 aromatic heterocycles. The highest BCUT2D eigenvalue weighted by atomic mass is 32.1. The Labute approximate surface area is 123 Å². The number of hydrogen-bond acceptors (Lipinski definition) is 4. The van der Waals surface area contributed by atoms with Crippen molar-refractivity contribution in [3.63, 3.8) is 0 Å². The van der Waals surface area contributed by atoms with Crippen LogP contribution in [0.15, 0.2) is 30.3 Å². The van der Waals surface area contributed by atoms with Crippen LogP contribution < -0.4 is 14.8 Å². The Morgan fingerprint density at radius 2 is 2.05 bits per heavy atom. The van der Waals surface area contributed by atoms with Gasteiger partial charge in [-0.2, -0.15) is 0 Å². The molecule has 1 N–H and O–H groups in total. The Hall–Kier alpha value is -1.52. The summed E-state index contributed by atoms with van der Waals surface area (Å²) in [5.74, 6) is 1.68. The van der Waals surface area contributed by atoms with Crippen molar-refractivity contribution in [2.24, 2.45) is 0 Å². The molecule has 0 radical (unpaired) electrons. The fourth-order valence-electron chi connectivity index (χ4n) is 2.39. The second-order valence-electron chi connectivity index (χ2n) is 5.07. The topological polar surface area (TPSA) is 30.5 Å². The van der Waals surface area contributed by atoms with Crippen molar-refractivity contribution in [3.8, 4) is 11.5 Å². The van der Waals surface area contributed by atoms with Gasteiger partial charge in [0.05, 0.1) is 0 Å². The summed E-state index contributed by atoms with van der Waals surface area (Å²) in [6.45, 7) is 6.60. The van der Waals surface area contributed by atoms with E-state index in [0.29, 0.717) is 6.61 Å². The van der Waals surface area contributed by atoms with E-state index in [1.807, 2.05) is 35.6 Å². The summed E-state index contributed by atoms with van der Waals surface area (Å²) < 4.78 is 11.6. The fraction of sp³-hybridized carbons (Fsp3) is 0.375. The van der Waals surface area contributed by atoms with E-state index in [2.05, 4.69) is 25.2 Å². The van der Waals surface area contributed by atoms with E-state index in [9.17, 15) is 0 Å². The molecule has 0 fully saturated rings. The first kappa shape index (κ1) is 13.5. The summed E-state index contributed by atoms with van der Waals surface area (Å²) in [5.41, 5.74) is 1.38. The lowest BCUT2D eigenvalue weighted by molar-refractivity contribution is 0.0902. The summed E-state index contributed by atoms with van der Waals surface area (Å²) >= 11 is 1.85. The fourth-order valence-corrected chi connectivity index (χ4v) is 3.34. The van der Waals surface area contributed by atoms with Gasteiger partial charge in [0.2, 0.25) is 0 Å². The molecule has 4 heteroatoms. The van der Waals surface area contributed by atoms with Gasteiger partial charge < -0.3 is 14.8 Å². The van der Waals surface area contributed by atoms with Gasteiger partial charge in [-0.25, -0.2) is 0 Å². The van der Waals surface area contributed by atoms with Crippen LogP contribution in [0.4, 0.5) is 0 Å². The monoisotopic (exact) mass is 289 g/mol. The van der Waals surface area contributed by atoms with Crippen LogP contribution in [0.25, 0.3) is 0 Å². The van der Waals surface area contributed by atoms with E-state index in [0.717, 1.165) is 24.6 Å². The Morgan fingerprint density at radius 1 is 1.25 bits per heavy atom. The Balaban J connectivity index is 1.52. The summed E-state index contributed by atoms with van der Waals surface area (Å²) in [5, 5.41) is 3.46. The molecule has 0 aliphatic carbocycles. The summed E-state index contributed by atoms with van der Waals surface area (Å²) in [6, 6.07) is 10.1. The lowest BCUT2D eigenvalue weighted by Gasteiger charge is -2.26. The van der Waals surface area contributed by atoms with Crippen molar-refractivity contribution in [1.29, 1.82) is 0 Å². The van der Waals surface area contributed by atoms with Crippen molar-refractivity contribution in [1.82, 2.24) is 5.32 Å². The summed E-state index contributed by atoms with van der Waals surface area (Å²) in [7, 11) is 0. The molecule has 0 saturated heterocycles. The number of aryl methyl sites for hydroxylation is 2. The van der Waals surface area contributed by atoms with Gasteiger partial charge in [-0.1, -0.05) is 12.1 Å². The normalized spacial score (nSPS) is 17.2. The van der Waals surface area contributed by atoms with Crippen molar-refractivity contribution in [3.05, 3.63) is 45.6 Å². The first-order valence-electron chi connectivity index (χ1n) is 6.87. The maximum Gasteiger partial charge on any atom is 0.161 e. The molecule has 0 spiro atoms. The predicted octanol–water partition coefficient (Wildman–Crippen LogP) is 3.29. The molecule has 2 aromatic rings. The van der Waals surface area contributed by atoms with Crippen LogP contribution in [-0.4, -0.2) is 19.3 Å². The molecule has 20 heavy (non-hydrogen) atoms. The number of thiophene rings is 1. The second kappa shape index (κ2) is 5.85. The van der Waals surface area contributed by atoms with Gasteiger partial charge in [0.25, 0.3) is 0 Å². The largest absolute Gasteiger partial charge is 0.486 e. The van der Waals surface area contributed by atoms with Crippen molar-refractivity contribution < 1.29 is 9.47 Å². The van der Waals surface area contributed by atoms with Gasteiger partial charge >= 0.3 is 0 Å². The van der Waals surface area contributed by atoms with E-state index < -0.39 is 0 Å². The molecule has 1 aliphatic heterocycles. The molecule has 2 heterocycles. The van der Waals surface area contributed by atoms with Crippen LogP contribution in [-0.2, 0) is 6.54 Å². The van der Waals surface area contributed by atoms with Gasteiger partial charge in [0.1, 0.15) is 12.7 Å². The first-order valence-corrected chi connectivity index (χ1v) is 7.69. The van der Waals surface area contributed by atoms with Crippen LogP contribution in [0.1, 0.15) is 15.3 Å². The number of rotatable bonds is 4. The molecule has 0 amide bonds. The van der Waals surface area contributed by atoms with Gasteiger partial charge in [0, 0.05) is 22.8 Å². The third-order valence-corrected chi connectivity index (χ3v) is 4.41. The number of fused-ring (bicyclic) bond motifs is 1. The van der Waals surface area contributed by atoms with Crippen LogP contribution in [0.3, 0.4) is 0 Å². The van der Waals surface area contributed by atoms with E-state index in [4.69, 9.17) is 9.47 Å². The minimum Gasteiger partial charge on any atom is -0.486 e. The van der Waals surface area contributed by atoms with Gasteiger partial charge in [-0.3, -0.25) is 0 Å². The maximum absolute atomic E-state index is 5.92. The molecular weight excluding hydrogens is 270 g/mol. The van der Waals surface area contributed by atoms with Crippen LogP contribution in [0, 0.1) is 13.8 Å². The minimum atomic E-state index is 0.0740. The zero-order chi connectivity index (χ0) is 13.9. The molecular formula is C16H19NO2S. The number of ether oxygens (including phenoxy) is 2. The van der Waals surface area contributed by atoms with Crippen LogP contribution in [0.5, 0.6) is 11.5 Å². The highest BCUT2D eigenvalue weighted by Gasteiger charge is 2.20. The minimum absolute atomic E-state index is 0.0740. The predicted molar refractivity (Wildman–Crippen MR) is 81.9 cm³/mol. The Bertz CT molecular complexity index is 594. The second-order valence-corrected chi connectivity index (χ2v) is 6.53. The quantitative estimate of drug-likeness (QED) is 0.937. The molecule has 3 nitrogen and oxygen atoms in total. The maximum atomic E-state index is 5.92. The molecule has 0 saturated carbocycles. The highest BCUT2D eigenvalue weighted by molar-refractivity contribution is 7.12. The molecule has 1 unspecified atom stereocenters. The van der Waals surface area contributed by atoms with Gasteiger partial charge in [0.15, 0.2) is 11.5 Å². The number of para-hydroxylation sites is 2. The third kappa shape index (κ3) is 2.97. The molecule has 1 aliphatic rings. The van der Waals surface area contributed by atoms with E-state index in [1.54, 1.807) is 0 Å². The average molecular weight is 289 g/mol. The SMILES string of the molecule is Cc1cc(CNCC2COc3ccccc3O2)c(C)s1. The molecule has 0 bridgehead atoms. The smallest absolute Gasteiger partial charge is 0.161 e. The zero-order valence-corrected chi connectivity index (χ0v) is 12.6. The summed E-state index contributed by atoms with van der Waals surface area (Å²) in [4.78, 5) is 2.76. The number of hydrogen-bond donors (Lipinski definition) is 1. The first-order chi connectivity index (χ1) is 9.72. The van der Waals surface area contributed by atoms with Crippen LogP contribution in [0.2, 0.25) is 0 Å². The van der Waals surface area contributed by atoms with E-state index in [1.165, 1.54) is 15.3 Å². The molecule has 1 aromatic carbocycles. The highest BCUT2D eigenvalue weighted by Crippen LogP contribution is 2.30. The Morgan fingerprint density at radius 3 is 2.80 bits per heavy atom. The van der Waals surface area contributed by atoms with Crippen molar-refractivity contribution in [2.45, 2.75) is 26.5 Å². The van der Waals surface area contributed by atoms with Crippen LogP contribution >= 0.6 is 11.3 Å². The zero-order valence-electron chi connectivity index (χ0n) is 11.8. The molecule has 106 valence electrons. The van der Waals surface area contributed by atoms with E-state index >= 15 is 0 Å². The van der Waals surface area contributed by atoms with Gasteiger partial charge in [-0.05, 0) is 37.6 Å². The number of benzene rings is 1. The third-order valence-electron chi connectivity index (χ3n) is 3.40. The van der Waals surface area contributed by atoms with E-state index in [-0.39, 0.29) is 6.10 Å². The lowest BCUT2D eigenvalue weighted by atomic mass is 10.2. The van der Waals surface area contributed by atoms with Gasteiger partial charge in [-0.15, -0.1) is 11.3 Å². The van der Waals surface area contributed by atoms with Crippen molar-refractivity contribution in [2.75, 3.05) is 13.2 Å². The summed E-state index contributed by atoms with van der Waals surface area (Å²) in [6.07, 6.45) is 0.0740. The Kier molecular flexibility index (Phi) is 3.94. The van der Waals surface area contributed by atoms with Crippen molar-refractivity contribution >= 4 is 11.3 Å². The molecule has 1 atom stereocenters. The average Bonchev–Trinajstić information content (AvgIpc) is 2.77. The molecule has 3 rings (SSSR count). The lowest BCUT2D eigenvalue weighted by Crippen LogP contribution is -2.38. The number of nitrogens with one attached hydrogen (secondary N) is 1.